The third-order valence-corrected chi connectivity index (χ3v) is 26.4. The molecule has 0 aliphatic heterocycles. The lowest BCUT2D eigenvalue weighted by atomic mass is 9.95. The van der Waals surface area contributed by atoms with Gasteiger partial charge in [-0.25, -0.2) is 50.3 Å². The molecule has 0 aromatic heterocycles. The van der Waals surface area contributed by atoms with Gasteiger partial charge in [0.15, 0.2) is 16.6 Å². The Morgan fingerprint density at radius 1 is 0.381 bits per heavy atom. The van der Waals surface area contributed by atoms with E-state index in [0.717, 1.165) is 57.5 Å². The SMILES string of the molecule is CC.CC.CCCC[Si](C)(C)O[Si](C)(C)CCCNC(=O)c1cc(-c2ccc(COO)c(CONC)c2)ccc1C(=O)O.CNOCc1cc(-c2ccc(C(=O)O)c(C(=O)Nc3cc(C)cc(NC(=O)NCCOC(=O)C(C)C)c3)c2)ccc1COO.CNOCc1cc(-c2ccc(C(=O)O)c(C(=O)Nc3ccc(Oc4ccc(C)cc4)cc3)c2)ccc1COO. The Balaban J connectivity index is 0.000000329. The van der Waals surface area contributed by atoms with Crippen LogP contribution in [0.2, 0.25) is 38.3 Å². The summed E-state index contributed by atoms with van der Waals surface area (Å²) in [5.74, 6) is -4.65. The molecule has 0 heterocycles. The first-order chi connectivity index (χ1) is 60.3. The van der Waals surface area contributed by atoms with Crippen molar-refractivity contribution >= 4 is 81.3 Å². The maximum atomic E-state index is 13.4. The van der Waals surface area contributed by atoms with Crippen molar-refractivity contribution in [1.29, 1.82) is 0 Å². The standard InChI is InChI=1S/C31H36N4O9.C30H28N2O7.C28H44N2O7Si2.2C2H6/c1-18(2)30(39)42-10-9-33-31(40)35-25-12-19(3)11-24(15-25)34-28(36)27-14-21(7-8-26(27)29(37)38)20-5-6-22(17-44-41)23(13-20)16-43-32-4;1-19-3-10-25(11-4-19)39-26-12-8-24(9-13-26)32-29(33)28-16-21(7-14-27(28)30(34)35)20-5-6-22(18-38-36)23(15-20)17-37-31-2;1-7-8-15-38(3,4)37-39(5,6)16-9-14-30-27(31)26-18-22(12-13-25(26)28(32)33)21-10-11-23(20-36-34)24(17-21)19-35-29-2;2*1-2/h5-8,11-15,18,32,41H,9-10,16-17H2,1-4H3,(H,34,36)(H,37,38)(H2,33,35,40);3-16,31,36H,17-18H2,1-2H3,(H,32,33)(H,34,35);10-13,17-18,29,34H,7-9,14-16,19-20H2,1-6H3,(H,30,31)(H,32,33);2*1-2H3. The summed E-state index contributed by atoms with van der Waals surface area (Å²) in [7, 11) is 1.32. The monoisotopic (exact) mass is 1770 g/mol. The third-order valence-electron chi connectivity index (χ3n) is 18.9. The van der Waals surface area contributed by atoms with Gasteiger partial charge in [-0.1, -0.05) is 134 Å². The highest BCUT2D eigenvalue weighted by atomic mass is 28.4. The van der Waals surface area contributed by atoms with Gasteiger partial charge in [-0.05, 0) is 240 Å². The molecule has 0 bridgehead atoms. The van der Waals surface area contributed by atoms with Gasteiger partial charge < -0.3 is 55.5 Å². The average molecular weight is 1770 g/mol. The van der Waals surface area contributed by atoms with Gasteiger partial charge in [-0.2, -0.15) is 0 Å². The van der Waals surface area contributed by atoms with Crippen LogP contribution in [0.15, 0.2) is 176 Å². The Kier molecular flexibility index (Phi) is 45.1. The summed E-state index contributed by atoms with van der Waals surface area (Å²) < 4.78 is 17.5. The van der Waals surface area contributed by atoms with E-state index in [1.807, 2.05) is 77.1 Å². The van der Waals surface area contributed by atoms with Gasteiger partial charge >= 0.3 is 29.9 Å². The highest BCUT2D eigenvalue weighted by molar-refractivity contribution is 6.84. The molecule has 0 aliphatic rings. The number of carbonyl (C=O) groups excluding carboxylic acids is 5. The lowest BCUT2D eigenvalue weighted by Gasteiger charge is -2.34. The van der Waals surface area contributed by atoms with E-state index < -0.39 is 58.3 Å². The van der Waals surface area contributed by atoms with E-state index in [1.165, 1.54) is 49.2 Å². The lowest BCUT2D eigenvalue weighted by molar-refractivity contribution is -0.253. The van der Waals surface area contributed by atoms with Crippen molar-refractivity contribution in [2.75, 3.05) is 56.8 Å². The van der Waals surface area contributed by atoms with Crippen LogP contribution in [0.4, 0.5) is 21.9 Å². The second-order valence-corrected chi connectivity index (χ2v) is 38.5. The zero-order valence-electron chi connectivity index (χ0n) is 74.3. The van der Waals surface area contributed by atoms with Gasteiger partial charge in [0, 0.05) is 44.7 Å². The minimum atomic E-state index is -1.87. The number of carboxylic acids is 3. The molecule has 0 unspecified atom stereocenters. The Morgan fingerprint density at radius 2 is 0.746 bits per heavy atom. The van der Waals surface area contributed by atoms with Crippen LogP contribution in [0.3, 0.4) is 0 Å². The molecule has 0 aliphatic carbocycles. The molecule has 5 amide bonds. The van der Waals surface area contributed by atoms with Gasteiger partial charge in [0.05, 0.1) is 65.7 Å². The van der Waals surface area contributed by atoms with Crippen molar-refractivity contribution in [2.24, 2.45) is 5.92 Å². The highest BCUT2D eigenvalue weighted by Gasteiger charge is 2.33. The summed E-state index contributed by atoms with van der Waals surface area (Å²) >= 11 is 0. The Hall–Kier alpha value is -11.7. The van der Waals surface area contributed by atoms with Gasteiger partial charge in [0.2, 0.25) is 0 Å². The van der Waals surface area contributed by atoms with E-state index in [-0.39, 0.29) is 98.1 Å². The van der Waals surface area contributed by atoms with Crippen LogP contribution < -0.4 is 47.8 Å². The van der Waals surface area contributed by atoms with E-state index in [4.69, 9.17) is 43.9 Å². The number of esters is 1. The number of carboxylic acid groups (broad SMARTS) is 3. The predicted molar refractivity (Wildman–Crippen MR) is 488 cm³/mol. The second kappa shape index (κ2) is 54.2. The predicted octanol–water partition coefficient (Wildman–Crippen LogP) is 18.7. The number of carbonyl (C=O) groups is 8. The van der Waals surface area contributed by atoms with E-state index in [9.17, 15) is 53.7 Å². The normalized spacial score (nSPS) is 10.9. The second-order valence-electron chi connectivity index (χ2n) is 29.7. The van der Waals surface area contributed by atoms with Crippen molar-refractivity contribution in [3.05, 3.63) is 254 Å². The number of hydroxylamine groups is 3. The zero-order valence-corrected chi connectivity index (χ0v) is 76.3. The number of rotatable bonds is 42. The van der Waals surface area contributed by atoms with Crippen LogP contribution in [0.1, 0.15) is 174 Å². The maximum absolute atomic E-state index is 13.4. The van der Waals surface area contributed by atoms with E-state index in [1.54, 1.807) is 139 Å². The molecule has 33 heteroatoms. The summed E-state index contributed by atoms with van der Waals surface area (Å²) in [5.41, 5.74) is 19.0. The van der Waals surface area contributed by atoms with Crippen LogP contribution >= 0.6 is 0 Å². The number of ether oxygens (including phenoxy) is 2. The summed E-state index contributed by atoms with van der Waals surface area (Å²) in [6, 6.07) is 50.8. The van der Waals surface area contributed by atoms with Crippen LogP contribution in [0, 0.1) is 19.8 Å². The molecular formula is C93H120N8O23Si2. The number of benzene rings is 9. The first-order valence-corrected chi connectivity index (χ1v) is 47.5. The molecular weight excluding hydrogens is 1650 g/mol. The van der Waals surface area contributed by atoms with E-state index in [0.29, 0.717) is 74.1 Å². The number of aromatic carboxylic acids is 3. The van der Waals surface area contributed by atoms with Crippen LogP contribution in [0.5, 0.6) is 11.5 Å². The number of aryl methyl sites for hydroxylation is 2. The molecule has 0 saturated carbocycles. The fraction of sp³-hybridized carbons (Fsp3) is 0.333. The van der Waals surface area contributed by atoms with E-state index in [2.05, 4.69) is 90.8 Å². The molecule has 0 fully saturated rings. The van der Waals surface area contributed by atoms with Crippen LogP contribution in [-0.4, -0.2) is 136 Å². The first kappa shape index (κ1) is 105. The summed E-state index contributed by atoms with van der Waals surface area (Å²) in [6.45, 7) is 27.5. The number of amides is 5. The molecule has 0 saturated heterocycles. The number of unbranched alkanes of at least 4 members (excludes halogenated alkanes) is 1. The van der Waals surface area contributed by atoms with Crippen LogP contribution in [-0.2, 0) is 82.5 Å². The topological polar surface area (TPSA) is 437 Å². The van der Waals surface area contributed by atoms with E-state index >= 15 is 0 Å². The maximum Gasteiger partial charge on any atom is 0.336 e. The van der Waals surface area contributed by atoms with Gasteiger partial charge in [0.1, 0.15) is 37.9 Å². The Bertz CT molecular complexity index is 5050. The fourth-order valence-electron chi connectivity index (χ4n) is 12.8. The lowest BCUT2D eigenvalue weighted by Crippen LogP contribution is -2.44. The number of hydrogen-bond donors (Lipinski definition) is 14. The average Bonchev–Trinajstić information content (AvgIpc) is 0.806. The smallest absolute Gasteiger partial charge is 0.336 e. The molecule has 0 radical (unpaired) electrons. The minimum Gasteiger partial charge on any atom is -0.478 e. The molecule has 31 nitrogen and oxygen atoms in total. The number of hydrogen-bond acceptors (Lipinski definition) is 23. The molecule has 0 atom stereocenters. The molecule has 9 aromatic carbocycles. The Morgan fingerprint density at radius 3 is 1.13 bits per heavy atom. The summed E-state index contributed by atoms with van der Waals surface area (Å²) in [5, 5.41) is 69.6. The number of nitrogens with one attached hydrogen (secondary N) is 8. The van der Waals surface area contributed by atoms with Crippen molar-refractivity contribution in [3.8, 4) is 44.9 Å². The molecule has 678 valence electrons. The van der Waals surface area contributed by atoms with Crippen molar-refractivity contribution in [1.82, 2.24) is 27.1 Å². The zero-order chi connectivity index (χ0) is 93.1. The summed E-state index contributed by atoms with van der Waals surface area (Å²) in [4.78, 5) is 128. The fourth-order valence-corrected chi connectivity index (χ4v) is 21.8. The van der Waals surface area contributed by atoms with Gasteiger partial charge in [-0.15, -0.1) is 0 Å². The molecule has 14 N–H and O–H groups in total. The molecule has 126 heavy (non-hydrogen) atoms. The van der Waals surface area contributed by atoms with Crippen molar-refractivity contribution < 1.29 is 112 Å². The number of urea groups is 1. The molecule has 9 rings (SSSR count). The molecule has 9 aromatic rings. The van der Waals surface area contributed by atoms with Crippen LogP contribution in [0.25, 0.3) is 33.4 Å². The summed E-state index contributed by atoms with van der Waals surface area (Å²) in [6.07, 6.45) is 3.13. The van der Waals surface area contributed by atoms with Gasteiger partial charge in [-0.3, -0.25) is 49.5 Å². The quantitative estimate of drug-likeness (QED) is 0.00555. The largest absolute Gasteiger partial charge is 0.478 e. The van der Waals surface area contributed by atoms with Crippen molar-refractivity contribution in [2.45, 2.75) is 159 Å². The van der Waals surface area contributed by atoms with Gasteiger partial charge in [0.25, 0.3) is 17.7 Å². The van der Waals surface area contributed by atoms with Crippen molar-refractivity contribution in [3.63, 3.8) is 0 Å². The third kappa shape index (κ3) is 34.3. The first-order valence-electron chi connectivity index (χ1n) is 41.2. The highest BCUT2D eigenvalue weighted by Crippen LogP contribution is 2.33. The number of anilines is 3. The minimum absolute atomic E-state index is 0.00256. The molecule has 0 spiro atoms. The Labute approximate surface area is 737 Å².